The van der Waals surface area contributed by atoms with Gasteiger partial charge in [0.1, 0.15) is 0 Å². The lowest BCUT2D eigenvalue weighted by atomic mass is 10.2. The van der Waals surface area contributed by atoms with Gasteiger partial charge in [-0.3, -0.25) is 4.79 Å². The summed E-state index contributed by atoms with van der Waals surface area (Å²) in [5.41, 5.74) is 1.51. The van der Waals surface area contributed by atoms with Crippen molar-refractivity contribution in [3.8, 4) is 0 Å². The van der Waals surface area contributed by atoms with Crippen LogP contribution < -0.4 is 0 Å². The quantitative estimate of drug-likeness (QED) is 0.897. The fraction of sp³-hybridized carbons (Fsp3) is 0.429. The number of carbonyl (C=O) groups is 1. The van der Waals surface area contributed by atoms with Crippen molar-refractivity contribution in [1.82, 2.24) is 14.3 Å². The average Bonchev–Trinajstić information content (AvgIpc) is 3.15. The van der Waals surface area contributed by atoms with E-state index in [1.54, 1.807) is 30.5 Å². The number of nitrogens with zero attached hydrogens (tertiary/aromatic N) is 3. The molecule has 0 aromatic carbocycles. The van der Waals surface area contributed by atoms with Gasteiger partial charge in [-0.05, 0) is 30.9 Å². The standard InChI is InChI=1S/C14H17N3O2/c1-16(8-13(18)10-2-3-10)14(19)11-4-5-17-9-15-7-12(17)6-11/h4-7,9-10,13,18H,2-3,8H2,1H3. The number of rotatable bonds is 4. The molecule has 1 aliphatic rings. The van der Waals surface area contributed by atoms with Crippen LogP contribution in [0.1, 0.15) is 23.2 Å². The lowest BCUT2D eigenvalue weighted by Gasteiger charge is -2.20. The summed E-state index contributed by atoms with van der Waals surface area (Å²) in [5, 5.41) is 9.89. The van der Waals surface area contributed by atoms with Crippen molar-refractivity contribution in [1.29, 1.82) is 0 Å². The number of fused-ring (bicyclic) bond motifs is 1. The second-order valence-corrected chi connectivity index (χ2v) is 5.23. The summed E-state index contributed by atoms with van der Waals surface area (Å²) in [6, 6.07) is 3.59. The van der Waals surface area contributed by atoms with Crippen LogP contribution in [0.15, 0.2) is 30.9 Å². The number of likely N-dealkylation sites (N-methyl/N-ethyl adjacent to an activating group) is 1. The summed E-state index contributed by atoms with van der Waals surface area (Å²) in [7, 11) is 1.73. The first-order valence-electron chi connectivity index (χ1n) is 6.50. The van der Waals surface area contributed by atoms with Crippen LogP contribution in [-0.4, -0.2) is 45.0 Å². The molecule has 19 heavy (non-hydrogen) atoms. The van der Waals surface area contributed by atoms with E-state index in [-0.39, 0.29) is 5.91 Å². The number of aliphatic hydroxyl groups excluding tert-OH is 1. The minimum atomic E-state index is -0.396. The second kappa shape index (κ2) is 4.66. The Morgan fingerprint density at radius 1 is 1.63 bits per heavy atom. The van der Waals surface area contributed by atoms with Gasteiger partial charge in [0.15, 0.2) is 0 Å². The third-order valence-corrected chi connectivity index (χ3v) is 3.63. The zero-order chi connectivity index (χ0) is 13.4. The van der Waals surface area contributed by atoms with E-state index in [9.17, 15) is 9.90 Å². The molecule has 1 aliphatic carbocycles. The molecule has 2 aromatic heterocycles. The van der Waals surface area contributed by atoms with Crippen molar-refractivity contribution in [3.63, 3.8) is 0 Å². The fourth-order valence-electron chi connectivity index (χ4n) is 2.27. The molecule has 1 atom stereocenters. The lowest BCUT2D eigenvalue weighted by molar-refractivity contribution is 0.0645. The minimum absolute atomic E-state index is 0.0663. The van der Waals surface area contributed by atoms with E-state index in [0.29, 0.717) is 18.0 Å². The monoisotopic (exact) mass is 259 g/mol. The van der Waals surface area contributed by atoms with Gasteiger partial charge in [-0.15, -0.1) is 0 Å². The molecule has 1 saturated carbocycles. The molecule has 2 aromatic rings. The van der Waals surface area contributed by atoms with E-state index < -0.39 is 6.10 Å². The topological polar surface area (TPSA) is 57.8 Å². The Morgan fingerprint density at radius 3 is 3.16 bits per heavy atom. The number of hydrogen-bond acceptors (Lipinski definition) is 3. The molecular formula is C14H17N3O2. The first-order valence-corrected chi connectivity index (χ1v) is 6.50. The minimum Gasteiger partial charge on any atom is -0.391 e. The third-order valence-electron chi connectivity index (χ3n) is 3.63. The van der Waals surface area contributed by atoms with Gasteiger partial charge in [-0.1, -0.05) is 0 Å². The van der Waals surface area contributed by atoms with Gasteiger partial charge >= 0.3 is 0 Å². The molecule has 1 amide bonds. The van der Waals surface area contributed by atoms with Crippen molar-refractivity contribution in [2.24, 2.45) is 5.92 Å². The number of pyridine rings is 1. The normalized spacial score (nSPS) is 16.5. The highest BCUT2D eigenvalue weighted by molar-refractivity contribution is 5.95. The van der Waals surface area contributed by atoms with Gasteiger partial charge in [0.2, 0.25) is 0 Å². The molecule has 1 fully saturated rings. The Balaban J connectivity index is 1.74. The molecule has 0 aliphatic heterocycles. The van der Waals surface area contributed by atoms with Crippen molar-refractivity contribution in [3.05, 3.63) is 36.4 Å². The Morgan fingerprint density at radius 2 is 2.42 bits per heavy atom. The van der Waals surface area contributed by atoms with E-state index in [0.717, 1.165) is 18.4 Å². The summed E-state index contributed by atoms with van der Waals surface area (Å²) in [4.78, 5) is 17.9. The lowest BCUT2D eigenvalue weighted by Crippen LogP contribution is -2.35. The number of imidazole rings is 1. The Hall–Kier alpha value is -1.88. The zero-order valence-corrected chi connectivity index (χ0v) is 10.9. The van der Waals surface area contributed by atoms with Crippen LogP contribution in [-0.2, 0) is 0 Å². The first kappa shape index (κ1) is 12.2. The van der Waals surface area contributed by atoms with E-state index in [2.05, 4.69) is 4.98 Å². The summed E-state index contributed by atoms with van der Waals surface area (Å²) >= 11 is 0. The maximum atomic E-state index is 12.3. The van der Waals surface area contributed by atoms with Gasteiger partial charge < -0.3 is 14.4 Å². The van der Waals surface area contributed by atoms with Gasteiger partial charge in [-0.2, -0.15) is 0 Å². The number of aliphatic hydroxyl groups is 1. The Bertz CT molecular complexity index is 604. The number of hydrogen-bond donors (Lipinski definition) is 1. The second-order valence-electron chi connectivity index (χ2n) is 5.23. The highest BCUT2D eigenvalue weighted by Crippen LogP contribution is 2.32. The summed E-state index contributed by atoms with van der Waals surface area (Å²) in [5.74, 6) is 0.316. The van der Waals surface area contributed by atoms with Gasteiger partial charge in [0.25, 0.3) is 5.91 Å². The van der Waals surface area contributed by atoms with Gasteiger partial charge in [0.05, 0.1) is 24.1 Å². The molecule has 1 unspecified atom stereocenters. The SMILES string of the molecule is CN(CC(O)C1CC1)C(=O)c1ccn2cncc2c1. The van der Waals surface area contributed by atoms with Crippen molar-refractivity contribution in [2.75, 3.05) is 13.6 Å². The first-order chi connectivity index (χ1) is 9.15. The molecule has 1 N–H and O–H groups in total. The van der Waals surface area contributed by atoms with E-state index >= 15 is 0 Å². The predicted octanol–water partition coefficient (Wildman–Crippen LogP) is 1.18. The van der Waals surface area contributed by atoms with Crippen LogP contribution in [0.4, 0.5) is 0 Å². The third kappa shape index (κ3) is 2.46. The molecule has 0 saturated heterocycles. The molecule has 3 rings (SSSR count). The Labute approximate surface area is 111 Å². The van der Waals surface area contributed by atoms with E-state index in [1.807, 2.05) is 16.7 Å². The maximum Gasteiger partial charge on any atom is 0.253 e. The van der Waals surface area contributed by atoms with Crippen LogP contribution in [0.5, 0.6) is 0 Å². The van der Waals surface area contributed by atoms with Crippen molar-refractivity contribution in [2.45, 2.75) is 18.9 Å². The average molecular weight is 259 g/mol. The van der Waals surface area contributed by atoms with Crippen LogP contribution in [0.2, 0.25) is 0 Å². The molecule has 5 nitrogen and oxygen atoms in total. The number of carbonyl (C=O) groups excluding carboxylic acids is 1. The molecular weight excluding hydrogens is 242 g/mol. The summed E-state index contributed by atoms with van der Waals surface area (Å²) in [6.07, 6.45) is 6.99. The summed E-state index contributed by atoms with van der Waals surface area (Å²) in [6.45, 7) is 0.397. The molecule has 0 bridgehead atoms. The molecule has 0 spiro atoms. The fourth-order valence-corrected chi connectivity index (χ4v) is 2.27. The van der Waals surface area contributed by atoms with E-state index in [4.69, 9.17) is 0 Å². The highest BCUT2D eigenvalue weighted by Gasteiger charge is 2.31. The van der Waals surface area contributed by atoms with Crippen LogP contribution in [0.25, 0.3) is 5.52 Å². The Kier molecular flexibility index (Phi) is 2.98. The molecule has 5 heteroatoms. The zero-order valence-electron chi connectivity index (χ0n) is 10.9. The number of aromatic nitrogens is 2. The summed E-state index contributed by atoms with van der Waals surface area (Å²) < 4.78 is 1.86. The predicted molar refractivity (Wildman–Crippen MR) is 70.9 cm³/mol. The smallest absolute Gasteiger partial charge is 0.253 e. The maximum absolute atomic E-state index is 12.3. The van der Waals surface area contributed by atoms with Gasteiger partial charge in [-0.25, -0.2) is 4.98 Å². The van der Waals surface area contributed by atoms with Crippen LogP contribution in [0.3, 0.4) is 0 Å². The van der Waals surface area contributed by atoms with Crippen molar-refractivity contribution < 1.29 is 9.90 Å². The highest BCUT2D eigenvalue weighted by atomic mass is 16.3. The van der Waals surface area contributed by atoms with Crippen LogP contribution in [0, 0.1) is 5.92 Å². The van der Waals surface area contributed by atoms with Gasteiger partial charge in [0, 0.05) is 25.4 Å². The largest absolute Gasteiger partial charge is 0.391 e. The van der Waals surface area contributed by atoms with Crippen molar-refractivity contribution >= 4 is 11.4 Å². The molecule has 2 heterocycles. The molecule has 100 valence electrons. The van der Waals surface area contributed by atoms with Crippen LogP contribution >= 0.6 is 0 Å². The van der Waals surface area contributed by atoms with E-state index in [1.165, 1.54) is 0 Å². The molecule has 0 radical (unpaired) electrons. The number of amides is 1.